The largest absolute Gasteiger partial charge is 0.206 e. The predicted octanol–water partition coefficient (Wildman–Crippen LogP) is 9.79. The molecular formula is C28H35ClF3Si. The highest BCUT2D eigenvalue weighted by Gasteiger charge is 2.27. The van der Waals surface area contributed by atoms with Crippen LogP contribution >= 0.6 is 11.6 Å². The van der Waals surface area contributed by atoms with E-state index in [1.165, 1.54) is 74.5 Å². The molecule has 1 saturated heterocycles. The third-order valence-corrected chi connectivity index (χ3v) is 11.5. The maximum absolute atomic E-state index is 14.9. The van der Waals surface area contributed by atoms with Crippen molar-refractivity contribution in [2.75, 3.05) is 0 Å². The van der Waals surface area contributed by atoms with Crippen LogP contribution in [0.15, 0.2) is 30.3 Å². The lowest BCUT2D eigenvalue weighted by molar-refractivity contribution is 0.279. The molecule has 0 N–H and O–H groups in total. The van der Waals surface area contributed by atoms with Crippen molar-refractivity contribution in [3.8, 4) is 11.1 Å². The molecule has 1 heterocycles. The molecule has 4 rings (SSSR count). The summed E-state index contributed by atoms with van der Waals surface area (Å²) in [7, 11) is -0.0287. The van der Waals surface area contributed by atoms with Crippen molar-refractivity contribution in [3.63, 3.8) is 0 Å². The Morgan fingerprint density at radius 3 is 2.00 bits per heavy atom. The molecule has 1 saturated carbocycles. The molecule has 0 aromatic heterocycles. The van der Waals surface area contributed by atoms with Gasteiger partial charge in [0.1, 0.15) is 17.5 Å². The lowest BCUT2D eigenvalue weighted by Gasteiger charge is -2.32. The summed E-state index contributed by atoms with van der Waals surface area (Å²) >= 11 is 5.71. The molecular weight excluding hydrogens is 457 g/mol. The number of rotatable bonds is 7. The van der Waals surface area contributed by atoms with E-state index in [-0.39, 0.29) is 30.9 Å². The Kier molecular flexibility index (Phi) is 8.62. The van der Waals surface area contributed by atoms with Crippen molar-refractivity contribution in [1.82, 2.24) is 0 Å². The summed E-state index contributed by atoms with van der Waals surface area (Å²) in [6.45, 7) is 2.32. The summed E-state index contributed by atoms with van der Waals surface area (Å²) in [5.41, 5.74) is 0.728. The fourth-order valence-electron chi connectivity index (χ4n) is 5.99. The summed E-state index contributed by atoms with van der Waals surface area (Å²) in [5, 5.41) is -0.0570. The standard InChI is InChI=1S/C28H35ClF3Si/c1-2-13-33-14-11-20(12-15-33)4-3-19-5-7-21(8-6-19)23-17-26(31)28(27(32)18-23)22-9-10-24(29)25(30)16-22/h9-10,16-21H,2-8,11-15H2,1H3. The molecule has 0 atom stereocenters. The van der Waals surface area contributed by atoms with Gasteiger partial charge >= 0.3 is 0 Å². The highest BCUT2D eigenvalue weighted by molar-refractivity contribution is 6.58. The van der Waals surface area contributed by atoms with Crippen LogP contribution in [0, 0.1) is 29.3 Å². The normalized spacial score (nSPS) is 22.6. The van der Waals surface area contributed by atoms with E-state index in [2.05, 4.69) is 6.92 Å². The molecule has 1 aliphatic carbocycles. The van der Waals surface area contributed by atoms with Gasteiger partial charge in [0, 0.05) is 8.80 Å². The van der Waals surface area contributed by atoms with E-state index in [0.29, 0.717) is 0 Å². The van der Waals surface area contributed by atoms with Crippen molar-refractivity contribution < 1.29 is 13.2 Å². The lowest BCUT2D eigenvalue weighted by Crippen LogP contribution is -2.22. The first kappa shape index (κ1) is 24.8. The molecule has 33 heavy (non-hydrogen) atoms. The molecule has 0 bridgehead atoms. The Bertz CT molecular complexity index is 908. The second kappa shape index (κ2) is 11.4. The van der Waals surface area contributed by atoms with Crippen molar-refractivity contribution in [3.05, 3.63) is 58.4 Å². The van der Waals surface area contributed by atoms with Gasteiger partial charge in [0.25, 0.3) is 0 Å². The van der Waals surface area contributed by atoms with E-state index in [1.807, 2.05) is 0 Å². The molecule has 179 valence electrons. The predicted molar refractivity (Wildman–Crippen MR) is 134 cm³/mol. The minimum Gasteiger partial charge on any atom is -0.206 e. The maximum atomic E-state index is 14.9. The molecule has 5 heteroatoms. The quantitative estimate of drug-likeness (QED) is 0.338. The Morgan fingerprint density at radius 1 is 0.818 bits per heavy atom. The van der Waals surface area contributed by atoms with Crippen molar-refractivity contribution in [2.45, 2.75) is 88.8 Å². The van der Waals surface area contributed by atoms with Crippen molar-refractivity contribution in [2.24, 2.45) is 11.8 Å². The molecule has 0 spiro atoms. The molecule has 2 fully saturated rings. The number of hydrogen-bond acceptors (Lipinski definition) is 0. The minimum atomic E-state index is -0.675. The van der Waals surface area contributed by atoms with Crippen LogP contribution in [0.2, 0.25) is 23.2 Å². The third kappa shape index (κ3) is 6.25. The van der Waals surface area contributed by atoms with Gasteiger partial charge in [-0.05, 0) is 78.8 Å². The highest BCUT2D eigenvalue weighted by atomic mass is 35.5. The Balaban J connectivity index is 1.30. The van der Waals surface area contributed by atoms with Crippen molar-refractivity contribution >= 4 is 20.4 Å². The summed E-state index contributed by atoms with van der Waals surface area (Å²) in [6, 6.07) is 11.3. The van der Waals surface area contributed by atoms with E-state index in [4.69, 9.17) is 11.6 Å². The van der Waals surface area contributed by atoms with Crippen LogP contribution in [0.25, 0.3) is 11.1 Å². The SMILES string of the molecule is CCC[Si]1CCC(CCC2CCC(c3cc(F)c(-c4ccc(Cl)c(F)c4)c(F)c3)CC2)CC1. The zero-order chi connectivity index (χ0) is 23.4. The Morgan fingerprint density at radius 2 is 1.42 bits per heavy atom. The third-order valence-electron chi connectivity index (χ3n) is 7.99. The number of hydrogen-bond donors (Lipinski definition) is 0. The minimum absolute atomic E-state index is 0.0287. The molecule has 0 amide bonds. The average molecular weight is 492 g/mol. The first-order valence-corrected chi connectivity index (χ1v) is 15.2. The molecule has 1 radical (unpaired) electrons. The van der Waals surface area contributed by atoms with Gasteiger partial charge in [-0.25, -0.2) is 13.2 Å². The maximum Gasteiger partial charge on any atom is 0.142 e. The summed E-state index contributed by atoms with van der Waals surface area (Å²) in [4.78, 5) is 0. The molecule has 2 aliphatic rings. The second-order valence-electron chi connectivity index (χ2n) is 10.2. The second-order valence-corrected chi connectivity index (χ2v) is 13.6. The Labute approximate surface area is 203 Å². The van der Waals surface area contributed by atoms with E-state index in [9.17, 15) is 13.2 Å². The van der Waals surface area contributed by atoms with Crippen molar-refractivity contribution in [1.29, 1.82) is 0 Å². The van der Waals surface area contributed by atoms with Crippen LogP contribution in [-0.2, 0) is 0 Å². The van der Waals surface area contributed by atoms with Crippen LogP contribution in [-0.4, -0.2) is 8.80 Å². The van der Waals surface area contributed by atoms with Gasteiger partial charge in [0.2, 0.25) is 0 Å². The molecule has 1 aliphatic heterocycles. The van der Waals surface area contributed by atoms with Crippen LogP contribution in [0.3, 0.4) is 0 Å². The van der Waals surface area contributed by atoms with Gasteiger partial charge in [-0.1, -0.05) is 74.8 Å². The molecule has 2 aromatic rings. The zero-order valence-corrected chi connectivity index (χ0v) is 21.4. The lowest BCUT2D eigenvalue weighted by atomic mass is 9.76. The van der Waals surface area contributed by atoms with Gasteiger partial charge in [-0.2, -0.15) is 0 Å². The van der Waals surface area contributed by atoms with Gasteiger partial charge in [-0.3, -0.25) is 0 Å². The first-order chi connectivity index (χ1) is 15.9. The van der Waals surface area contributed by atoms with Crippen LogP contribution in [0.4, 0.5) is 13.2 Å². The fourth-order valence-corrected chi connectivity index (χ4v) is 9.20. The first-order valence-electron chi connectivity index (χ1n) is 12.7. The van der Waals surface area contributed by atoms with E-state index >= 15 is 0 Å². The molecule has 0 nitrogen and oxygen atoms in total. The van der Waals surface area contributed by atoms with Crippen LogP contribution in [0.1, 0.15) is 76.2 Å². The summed E-state index contributed by atoms with van der Waals surface area (Å²) < 4.78 is 43.5. The number of halogens is 4. The summed E-state index contributed by atoms with van der Waals surface area (Å²) in [6.07, 6.45) is 11.2. The highest BCUT2D eigenvalue weighted by Crippen LogP contribution is 2.41. The Hall–Kier alpha value is -1.26. The zero-order valence-electron chi connectivity index (χ0n) is 19.6. The molecule has 0 unspecified atom stereocenters. The van der Waals surface area contributed by atoms with Gasteiger partial charge in [0.15, 0.2) is 0 Å². The van der Waals surface area contributed by atoms with E-state index in [0.717, 1.165) is 49.1 Å². The molecule has 2 aromatic carbocycles. The monoisotopic (exact) mass is 491 g/mol. The van der Waals surface area contributed by atoms with Crippen LogP contribution < -0.4 is 0 Å². The fraction of sp³-hybridized carbons (Fsp3) is 0.571. The smallest absolute Gasteiger partial charge is 0.142 e. The van der Waals surface area contributed by atoms with E-state index in [1.54, 1.807) is 0 Å². The van der Waals surface area contributed by atoms with Gasteiger partial charge in [0.05, 0.1) is 10.6 Å². The van der Waals surface area contributed by atoms with Gasteiger partial charge < -0.3 is 0 Å². The topological polar surface area (TPSA) is 0 Å². The average Bonchev–Trinajstić information content (AvgIpc) is 2.81. The van der Waals surface area contributed by atoms with E-state index < -0.39 is 17.5 Å². The van der Waals surface area contributed by atoms with Crippen LogP contribution in [0.5, 0.6) is 0 Å². The van der Waals surface area contributed by atoms with Gasteiger partial charge in [-0.15, -0.1) is 0 Å². The number of benzene rings is 2. The summed E-state index contributed by atoms with van der Waals surface area (Å²) in [5.74, 6) is -0.0392.